The van der Waals surface area contributed by atoms with Crippen LogP contribution in [0.25, 0.3) is 0 Å². The van der Waals surface area contributed by atoms with Gasteiger partial charge in [0.1, 0.15) is 0 Å². The second-order valence-electron chi connectivity index (χ2n) is 8.26. The topological polar surface area (TPSA) is 69.2 Å². The molecule has 1 atom stereocenters. The van der Waals surface area contributed by atoms with Crippen LogP contribution in [0.1, 0.15) is 49.5 Å². The first-order chi connectivity index (χ1) is 15.0. The molecule has 1 aromatic rings. The van der Waals surface area contributed by atoms with Crippen LogP contribution in [0.5, 0.6) is 0 Å². The van der Waals surface area contributed by atoms with Gasteiger partial charge in [-0.3, -0.25) is 9.69 Å². The molecule has 1 unspecified atom stereocenters. The Morgan fingerprint density at radius 2 is 1.74 bits per heavy atom. The summed E-state index contributed by atoms with van der Waals surface area (Å²) in [5.74, 6) is 1.50. The summed E-state index contributed by atoms with van der Waals surface area (Å²) in [6.07, 6.45) is 2.35. The Hall–Kier alpha value is -2.12. The molecular weight excluding hydrogens is 390 g/mol. The van der Waals surface area contributed by atoms with E-state index in [1.165, 1.54) is 12.8 Å². The highest BCUT2D eigenvalue weighted by molar-refractivity contribution is 5.93. The lowest BCUT2D eigenvalue weighted by Crippen LogP contribution is -2.53. The van der Waals surface area contributed by atoms with Crippen LogP contribution in [0.2, 0.25) is 0 Å². The van der Waals surface area contributed by atoms with E-state index in [9.17, 15) is 4.79 Å². The first-order valence-electron chi connectivity index (χ1n) is 11.6. The molecule has 1 amide bonds. The lowest BCUT2D eigenvalue weighted by Gasteiger charge is -2.39. The number of guanidine groups is 1. The highest BCUT2D eigenvalue weighted by Gasteiger charge is 2.27. The molecule has 174 valence electrons. The van der Waals surface area contributed by atoms with Crippen molar-refractivity contribution in [2.45, 2.75) is 46.2 Å². The van der Waals surface area contributed by atoms with Crippen LogP contribution in [-0.2, 0) is 11.3 Å². The number of aliphatic imine (C=N–C) groups is 1. The molecule has 1 heterocycles. The van der Waals surface area contributed by atoms with Crippen LogP contribution in [-0.4, -0.2) is 81.2 Å². The first-order valence-corrected chi connectivity index (χ1v) is 11.6. The number of carbonyl (C=O) groups is 1. The summed E-state index contributed by atoms with van der Waals surface area (Å²) < 4.78 is 5.56. The smallest absolute Gasteiger partial charge is 0.253 e. The van der Waals surface area contributed by atoms with Gasteiger partial charge in [-0.25, -0.2) is 4.99 Å². The predicted molar refractivity (Wildman–Crippen MR) is 128 cm³/mol. The van der Waals surface area contributed by atoms with E-state index in [1.54, 1.807) is 19.0 Å². The molecule has 1 saturated heterocycles. The number of benzene rings is 1. The summed E-state index contributed by atoms with van der Waals surface area (Å²) >= 11 is 0. The summed E-state index contributed by atoms with van der Waals surface area (Å²) in [5, 5.41) is 6.94. The molecular formula is C24H41N5O2. The van der Waals surface area contributed by atoms with Crippen LogP contribution in [0.4, 0.5) is 0 Å². The highest BCUT2D eigenvalue weighted by atomic mass is 16.5. The molecule has 1 aromatic carbocycles. The van der Waals surface area contributed by atoms with Gasteiger partial charge in [0.05, 0.1) is 19.8 Å². The van der Waals surface area contributed by atoms with Crippen LogP contribution in [0, 0.1) is 5.92 Å². The van der Waals surface area contributed by atoms with Crippen molar-refractivity contribution in [2.75, 3.05) is 53.5 Å². The second-order valence-corrected chi connectivity index (χ2v) is 8.26. The molecule has 0 bridgehead atoms. The maximum Gasteiger partial charge on any atom is 0.253 e. The maximum absolute atomic E-state index is 12.1. The number of hydrogen-bond donors (Lipinski definition) is 2. The largest absolute Gasteiger partial charge is 0.379 e. The van der Waals surface area contributed by atoms with Crippen molar-refractivity contribution in [3.63, 3.8) is 0 Å². The van der Waals surface area contributed by atoms with Crippen LogP contribution < -0.4 is 10.6 Å². The fourth-order valence-electron chi connectivity index (χ4n) is 4.06. The molecule has 7 heteroatoms. The minimum atomic E-state index is 0.0145. The van der Waals surface area contributed by atoms with Gasteiger partial charge in [-0.15, -0.1) is 0 Å². The van der Waals surface area contributed by atoms with Crippen molar-refractivity contribution in [3.8, 4) is 0 Å². The van der Waals surface area contributed by atoms with Gasteiger partial charge in [-0.1, -0.05) is 38.8 Å². The first kappa shape index (κ1) is 25.1. The van der Waals surface area contributed by atoms with Crippen molar-refractivity contribution in [3.05, 3.63) is 35.4 Å². The van der Waals surface area contributed by atoms with E-state index in [1.807, 2.05) is 24.3 Å². The predicted octanol–water partition coefficient (Wildman–Crippen LogP) is 2.58. The van der Waals surface area contributed by atoms with E-state index >= 15 is 0 Å². The Bertz CT molecular complexity index is 680. The fourth-order valence-corrected chi connectivity index (χ4v) is 4.06. The number of amides is 1. The molecule has 7 nitrogen and oxygen atoms in total. The Balaban J connectivity index is 2.02. The van der Waals surface area contributed by atoms with Gasteiger partial charge in [-0.05, 0) is 30.5 Å². The normalized spacial score (nSPS) is 16.3. The number of rotatable bonds is 10. The van der Waals surface area contributed by atoms with Crippen LogP contribution >= 0.6 is 0 Å². The standard InChI is InChI=1S/C24H41N5O2/c1-6-20(7-2)22(29-13-15-31-16-14-29)18-27-24(25-8-3)26-17-19-9-11-21(12-10-19)23(30)28(4)5/h9-12,20,22H,6-8,13-18H2,1-5H3,(H2,25,26,27). The van der Waals surface area contributed by atoms with E-state index < -0.39 is 0 Å². The zero-order valence-electron chi connectivity index (χ0n) is 20.0. The summed E-state index contributed by atoms with van der Waals surface area (Å²) in [7, 11) is 3.53. The average molecular weight is 432 g/mol. The van der Waals surface area contributed by atoms with Crippen molar-refractivity contribution in [1.82, 2.24) is 20.4 Å². The molecule has 0 aliphatic carbocycles. The number of morpholine rings is 1. The molecule has 1 aliphatic rings. The SMILES string of the molecule is CCNC(=NCc1ccc(C(=O)N(C)C)cc1)NCC(C(CC)CC)N1CCOCC1. The van der Waals surface area contributed by atoms with Crippen molar-refractivity contribution in [1.29, 1.82) is 0 Å². The summed E-state index contributed by atoms with van der Waals surface area (Å²) in [5.41, 5.74) is 1.78. The van der Waals surface area contributed by atoms with E-state index in [2.05, 4.69) is 36.3 Å². The van der Waals surface area contributed by atoms with Gasteiger partial charge >= 0.3 is 0 Å². The Kier molecular flexibility index (Phi) is 10.8. The monoisotopic (exact) mass is 431 g/mol. The van der Waals surface area contributed by atoms with E-state index in [4.69, 9.17) is 9.73 Å². The number of nitrogens with zero attached hydrogens (tertiary/aromatic N) is 3. The molecule has 0 saturated carbocycles. The Labute approximate surface area is 188 Å². The van der Waals surface area contributed by atoms with Crippen molar-refractivity contribution < 1.29 is 9.53 Å². The number of carbonyl (C=O) groups excluding carboxylic acids is 1. The second kappa shape index (κ2) is 13.3. The minimum absolute atomic E-state index is 0.0145. The van der Waals surface area contributed by atoms with Crippen LogP contribution in [0.3, 0.4) is 0 Å². The van der Waals surface area contributed by atoms with Gasteiger partial charge in [0.25, 0.3) is 5.91 Å². The van der Waals surface area contributed by atoms with Gasteiger partial charge < -0.3 is 20.3 Å². The fraction of sp³-hybridized carbons (Fsp3) is 0.667. The molecule has 1 fully saturated rings. The molecule has 0 spiro atoms. The zero-order chi connectivity index (χ0) is 22.6. The Morgan fingerprint density at radius 1 is 1.10 bits per heavy atom. The third-order valence-electron chi connectivity index (χ3n) is 5.96. The van der Waals surface area contributed by atoms with Gasteiger partial charge in [0.2, 0.25) is 0 Å². The van der Waals surface area contributed by atoms with E-state index in [0.29, 0.717) is 24.1 Å². The number of ether oxygens (including phenoxy) is 1. The van der Waals surface area contributed by atoms with Crippen molar-refractivity contribution >= 4 is 11.9 Å². The number of hydrogen-bond acceptors (Lipinski definition) is 4. The Morgan fingerprint density at radius 3 is 2.29 bits per heavy atom. The average Bonchev–Trinajstić information content (AvgIpc) is 2.80. The molecule has 0 aromatic heterocycles. The third-order valence-corrected chi connectivity index (χ3v) is 5.96. The quantitative estimate of drug-likeness (QED) is 0.440. The van der Waals surface area contributed by atoms with Gasteiger partial charge in [0.15, 0.2) is 5.96 Å². The van der Waals surface area contributed by atoms with E-state index in [-0.39, 0.29) is 5.91 Å². The molecule has 2 rings (SSSR count). The molecule has 1 aliphatic heterocycles. The molecule has 2 N–H and O–H groups in total. The minimum Gasteiger partial charge on any atom is -0.379 e. The van der Waals surface area contributed by atoms with Gasteiger partial charge in [0, 0.05) is 51.9 Å². The van der Waals surface area contributed by atoms with E-state index in [0.717, 1.165) is 50.9 Å². The lowest BCUT2D eigenvalue weighted by molar-refractivity contribution is 0.00272. The number of nitrogens with one attached hydrogen (secondary N) is 2. The van der Waals surface area contributed by atoms with Crippen LogP contribution in [0.15, 0.2) is 29.3 Å². The summed E-state index contributed by atoms with van der Waals surface area (Å²) in [4.78, 5) is 21.0. The van der Waals surface area contributed by atoms with Crippen molar-refractivity contribution in [2.24, 2.45) is 10.9 Å². The zero-order valence-corrected chi connectivity index (χ0v) is 20.0. The maximum atomic E-state index is 12.1. The molecule has 0 radical (unpaired) electrons. The third kappa shape index (κ3) is 7.82. The highest BCUT2D eigenvalue weighted by Crippen LogP contribution is 2.19. The van der Waals surface area contributed by atoms with Gasteiger partial charge in [-0.2, -0.15) is 0 Å². The molecule has 31 heavy (non-hydrogen) atoms. The summed E-state index contributed by atoms with van der Waals surface area (Å²) in [6, 6.07) is 8.17. The lowest BCUT2D eigenvalue weighted by atomic mass is 9.92. The summed E-state index contributed by atoms with van der Waals surface area (Å²) in [6.45, 7) is 12.5.